The van der Waals surface area contributed by atoms with E-state index in [9.17, 15) is 9.59 Å². The highest BCUT2D eigenvalue weighted by Crippen LogP contribution is 2.44. The first-order chi connectivity index (χ1) is 12.1. The first-order valence-electron chi connectivity index (χ1n) is 8.57. The van der Waals surface area contributed by atoms with Crippen molar-refractivity contribution in [2.24, 2.45) is 11.3 Å². The second kappa shape index (κ2) is 7.66. The Labute approximate surface area is 152 Å². The molecule has 2 N–H and O–H groups in total. The van der Waals surface area contributed by atoms with Crippen LogP contribution in [-0.2, 0) is 9.53 Å². The van der Waals surface area contributed by atoms with Crippen LogP contribution < -0.4 is 10.6 Å². The van der Waals surface area contributed by atoms with Crippen LogP contribution in [-0.4, -0.2) is 56.4 Å². The smallest absolute Gasteiger partial charge is 0.321 e. The molecule has 2 heterocycles. The van der Waals surface area contributed by atoms with Gasteiger partial charge in [0.05, 0.1) is 5.92 Å². The first-order valence-corrected chi connectivity index (χ1v) is 9.80. The van der Waals surface area contributed by atoms with Crippen molar-refractivity contribution in [3.05, 3.63) is 24.3 Å². The minimum atomic E-state index is -0.176. The van der Waals surface area contributed by atoms with E-state index in [1.54, 1.807) is 23.7 Å². The Hall–Kier alpha value is -1.73. The summed E-state index contributed by atoms with van der Waals surface area (Å²) in [5.74, 6) is -0.161. The molecule has 1 spiro atoms. The van der Waals surface area contributed by atoms with Crippen molar-refractivity contribution in [3.8, 4) is 0 Å². The van der Waals surface area contributed by atoms with Crippen LogP contribution in [0.3, 0.4) is 0 Å². The average Bonchev–Trinajstić information content (AvgIpc) is 3.00. The molecule has 2 aliphatic rings. The van der Waals surface area contributed by atoms with E-state index < -0.39 is 0 Å². The summed E-state index contributed by atoms with van der Waals surface area (Å²) in [7, 11) is 1.66. The van der Waals surface area contributed by atoms with Crippen molar-refractivity contribution in [1.82, 2.24) is 10.2 Å². The van der Waals surface area contributed by atoms with Gasteiger partial charge >= 0.3 is 6.03 Å². The highest BCUT2D eigenvalue weighted by atomic mass is 32.2. The third kappa shape index (κ3) is 3.77. The van der Waals surface area contributed by atoms with Gasteiger partial charge in [0.25, 0.3) is 0 Å². The number of benzene rings is 1. The predicted molar refractivity (Wildman–Crippen MR) is 98.9 cm³/mol. The van der Waals surface area contributed by atoms with Crippen molar-refractivity contribution in [2.45, 2.75) is 17.7 Å². The normalized spacial score (nSPS) is 22.0. The maximum Gasteiger partial charge on any atom is 0.321 e. The molecule has 25 heavy (non-hydrogen) atoms. The summed E-state index contributed by atoms with van der Waals surface area (Å²) in [6.45, 7) is 2.35. The van der Waals surface area contributed by atoms with E-state index in [1.165, 1.54) is 0 Å². The number of nitrogens with one attached hydrogen (secondary N) is 2. The molecule has 1 atom stereocenters. The summed E-state index contributed by atoms with van der Waals surface area (Å²) in [6.07, 6.45) is 3.64. The van der Waals surface area contributed by atoms with Gasteiger partial charge < -0.3 is 20.3 Å². The fraction of sp³-hybridized carbons (Fsp3) is 0.556. The van der Waals surface area contributed by atoms with Gasteiger partial charge in [-0.3, -0.25) is 4.79 Å². The first kappa shape index (κ1) is 18.1. The predicted octanol–water partition coefficient (Wildman–Crippen LogP) is 2.42. The summed E-state index contributed by atoms with van der Waals surface area (Å²) >= 11 is 1.64. The van der Waals surface area contributed by atoms with E-state index in [0.717, 1.165) is 23.4 Å². The van der Waals surface area contributed by atoms with Gasteiger partial charge in [0.2, 0.25) is 5.91 Å². The Morgan fingerprint density at radius 3 is 2.76 bits per heavy atom. The molecule has 1 aromatic carbocycles. The number of anilines is 1. The van der Waals surface area contributed by atoms with Crippen LogP contribution in [0.15, 0.2) is 29.2 Å². The molecule has 1 aromatic rings. The zero-order chi connectivity index (χ0) is 17.9. The molecule has 1 unspecified atom stereocenters. The number of ether oxygens (including phenoxy) is 1. The topological polar surface area (TPSA) is 70.7 Å². The Morgan fingerprint density at radius 2 is 2.08 bits per heavy atom. The molecule has 2 fully saturated rings. The number of carbonyl (C=O) groups excluding carboxylic acids is 2. The summed E-state index contributed by atoms with van der Waals surface area (Å²) in [6, 6.07) is 7.64. The third-order valence-corrected chi connectivity index (χ3v) is 6.03. The minimum absolute atomic E-state index is 0.0154. The third-order valence-electron chi connectivity index (χ3n) is 5.31. The molecule has 7 heteroatoms. The lowest BCUT2D eigenvalue weighted by molar-refractivity contribution is -0.129. The molecule has 0 bridgehead atoms. The van der Waals surface area contributed by atoms with Crippen molar-refractivity contribution in [2.75, 3.05) is 44.9 Å². The van der Waals surface area contributed by atoms with E-state index in [2.05, 4.69) is 10.6 Å². The Morgan fingerprint density at radius 1 is 1.32 bits per heavy atom. The van der Waals surface area contributed by atoms with Gasteiger partial charge in [0, 0.05) is 49.3 Å². The molecular formula is C18H25N3O3S. The highest BCUT2D eigenvalue weighted by Gasteiger charge is 2.51. The van der Waals surface area contributed by atoms with Crippen molar-refractivity contribution >= 4 is 29.4 Å². The number of urea groups is 1. The number of hydrogen-bond donors (Lipinski definition) is 2. The number of likely N-dealkylation sites (tertiary alicyclic amines) is 1. The molecule has 0 saturated carbocycles. The van der Waals surface area contributed by atoms with Crippen LogP contribution in [0, 0.1) is 11.3 Å². The van der Waals surface area contributed by atoms with E-state index in [-0.39, 0.29) is 23.3 Å². The molecule has 6 nitrogen and oxygen atoms in total. The zero-order valence-corrected chi connectivity index (χ0v) is 15.5. The van der Waals surface area contributed by atoms with Crippen LogP contribution in [0.2, 0.25) is 0 Å². The largest absolute Gasteiger partial charge is 0.381 e. The van der Waals surface area contributed by atoms with Gasteiger partial charge in [0.15, 0.2) is 0 Å². The lowest BCUT2D eigenvalue weighted by atomic mass is 9.72. The maximum absolute atomic E-state index is 12.7. The standard InChI is InChI=1S/C18H25N3O3S/c1-19-16(22)15-11-21(12-18(15)6-8-24-9-7-18)17(23)20-13-4-3-5-14(10-13)25-2/h3-5,10,15H,6-9,11-12H2,1-2H3,(H,19,22)(H,20,23). The molecule has 3 amide bonds. The molecule has 2 saturated heterocycles. The van der Waals surface area contributed by atoms with Crippen LogP contribution >= 0.6 is 11.8 Å². The van der Waals surface area contributed by atoms with Gasteiger partial charge in [-0.05, 0) is 37.3 Å². The average molecular weight is 363 g/mol. The van der Waals surface area contributed by atoms with E-state index in [4.69, 9.17) is 4.74 Å². The van der Waals surface area contributed by atoms with Crippen molar-refractivity contribution < 1.29 is 14.3 Å². The molecule has 136 valence electrons. The van der Waals surface area contributed by atoms with Gasteiger partial charge in [-0.2, -0.15) is 0 Å². The molecule has 2 aliphatic heterocycles. The summed E-state index contributed by atoms with van der Waals surface area (Å²) in [5.41, 5.74) is 0.609. The number of hydrogen-bond acceptors (Lipinski definition) is 4. The molecule has 0 aromatic heterocycles. The van der Waals surface area contributed by atoms with Crippen LogP contribution in [0.25, 0.3) is 0 Å². The second-order valence-electron chi connectivity index (χ2n) is 6.68. The van der Waals surface area contributed by atoms with Gasteiger partial charge in [-0.15, -0.1) is 11.8 Å². The zero-order valence-electron chi connectivity index (χ0n) is 14.7. The van der Waals surface area contributed by atoms with Crippen LogP contribution in [0.1, 0.15) is 12.8 Å². The Kier molecular flexibility index (Phi) is 5.54. The Balaban J connectivity index is 1.73. The van der Waals surface area contributed by atoms with Crippen LogP contribution in [0.5, 0.6) is 0 Å². The second-order valence-corrected chi connectivity index (χ2v) is 7.56. The number of thioether (sulfide) groups is 1. The minimum Gasteiger partial charge on any atom is -0.381 e. The number of carbonyl (C=O) groups is 2. The van der Waals surface area contributed by atoms with E-state index in [1.807, 2.05) is 30.5 Å². The molecular weight excluding hydrogens is 338 g/mol. The van der Waals surface area contributed by atoms with Gasteiger partial charge in [-0.1, -0.05) is 6.07 Å². The summed E-state index contributed by atoms with van der Waals surface area (Å²) < 4.78 is 5.48. The number of amides is 3. The fourth-order valence-electron chi connectivity index (χ4n) is 3.85. The van der Waals surface area contributed by atoms with E-state index >= 15 is 0 Å². The van der Waals surface area contributed by atoms with Gasteiger partial charge in [0.1, 0.15) is 0 Å². The summed E-state index contributed by atoms with van der Waals surface area (Å²) in [5, 5.41) is 5.73. The van der Waals surface area contributed by atoms with Gasteiger partial charge in [-0.25, -0.2) is 4.79 Å². The quantitative estimate of drug-likeness (QED) is 0.809. The van der Waals surface area contributed by atoms with Crippen molar-refractivity contribution in [1.29, 1.82) is 0 Å². The SMILES string of the molecule is CNC(=O)C1CN(C(=O)Nc2cccc(SC)c2)CC12CCOCC2. The van der Waals surface area contributed by atoms with Crippen molar-refractivity contribution in [3.63, 3.8) is 0 Å². The lowest BCUT2D eigenvalue weighted by Crippen LogP contribution is -2.43. The summed E-state index contributed by atoms with van der Waals surface area (Å²) in [4.78, 5) is 28.0. The molecule has 0 aliphatic carbocycles. The lowest BCUT2D eigenvalue weighted by Gasteiger charge is -2.36. The number of rotatable bonds is 3. The highest BCUT2D eigenvalue weighted by molar-refractivity contribution is 7.98. The Bertz CT molecular complexity index is 646. The monoisotopic (exact) mass is 363 g/mol. The fourth-order valence-corrected chi connectivity index (χ4v) is 4.31. The van der Waals surface area contributed by atoms with Crippen LogP contribution in [0.4, 0.5) is 10.5 Å². The number of nitrogens with zero attached hydrogens (tertiary/aromatic N) is 1. The maximum atomic E-state index is 12.7. The molecule has 0 radical (unpaired) electrons. The molecule has 3 rings (SSSR count). The van der Waals surface area contributed by atoms with E-state index in [0.29, 0.717) is 26.3 Å².